The van der Waals surface area contributed by atoms with Gasteiger partial charge in [-0.1, -0.05) is 48.5 Å². The number of carbonyl (C=O) groups is 1. The molecule has 2 aromatic heterocycles. The lowest BCUT2D eigenvalue weighted by Gasteiger charge is -2.21. The zero-order valence-corrected chi connectivity index (χ0v) is 21.0. The summed E-state index contributed by atoms with van der Waals surface area (Å²) in [6, 6.07) is 17.7. The Labute approximate surface area is 221 Å². The molecule has 3 unspecified atom stereocenters. The van der Waals surface area contributed by atoms with Gasteiger partial charge in [-0.05, 0) is 12.1 Å². The molecule has 2 aliphatic rings. The van der Waals surface area contributed by atoms with E-state index in [1.165, 1.54) is 12.7 Å². The smallest absolute Gasteiger partial charge is 0.347 e. The first-order valence-corrected chi connectivity index (χ1v) is 13.4. The van der Waals surface area contributed by atoms with Crippen LogP contribution in [-0.4, -0.2) is 60.3 Å². The molecule has 6 rings (SSSR count). The zero-order chi connectivity index (χ0) is 27.0. The van der Waals surface area contributed by atoms with Gasteiger partial charge in [-0.15, -0.1) is 0 Å². The highest BCUT2D eigenvalue weighted by Crippen LogP contribution is 2.46. The van der Waals surface area contributed by atoms with Gasteiger partial charge in [0.2, 0.25) is 0 Å². The molecule has 2 fully saturated rings. The van der Waals surface area contributed by atoms with Crippen LogP contribution in [-0.2, 0) is 23.3 Å². The number of phosphoric acid groups is 1. The Morgan fingerprint density at radius 2 is 1.67 bits per heavy atom. The van der Waals surface area contributed by atoms with Crippen LogP contribution in [0.2, 0.25) is 0 Å². The summed E-state index contributed by atoms with van der Waals surface area (Å²) in [5, 5.41) is 5.39. The number of aromatic nitrogens is 4. The first kappa shape index (κ1) is 25.5. The Morgan fingerprint density at radius 3 is 2.41 bits per heavy atom. The zero-order valence-electron chi connectivity index (χ0n) is 20.1. The van der Waals surface area contributed by atoms with Crippen LogP contribution < -0.4 is 10.6 Å². The van der Waals surface area contributed by atoms with E-state index in [0.717, 1.165) is 5.56 Å². The summed E-state index contributed by atoms with van der Waals surface area (Å²) in [6.07, 6.45) is -1.08. The number of phosphoric ester groups is 1. The lowest BCUT2D eigenvalue weighted by Crippen LogP contribution is -2.31. The maximum absolute atomic E-state index is 12.5. The van der Waals surface area contributed by atoms with Gasteiger partial charge in [0, 0.05) is 11.3 Å². The van der Waals surface area contributed by atoms with Gasteiger partial charge < -0.3 is 29.3 Å². The van der Waals surface area contributed by atoms with Gasteiger partial charge in [0.05, 0.1) is 12.9 Å². The Hall–Kier alpha value is -3.75. The summed E-state index contributed by atoms with van der Waals surface area (Å²) < 4.78 is 36.1. The third-order valence-corrected chi connectivity index (χ3v) is 6.71. The van der Waals surface area contributed by atoms with Crippen molar-refractivity contribution in [3.63, 3.8) is 0 Å². The van der Waals surface area contributed by atoms with Crippen molar-refractivity contribution in [1.82, 2.24) is 19.5 Å². The molecule has 2 amide bonds. The average Bonchev–Trinajstić information content (AvgIpc) is 3.63. The number of anilines is 2. The Balaban J connectivity index is 1.27. The van der Waals surface area contributed by atoms with E-state index in [0.29, 0.717) is 16.9 Å². The van der Waals surface area contributed by atoms with E-state index in [-0.39, 0.29) is 5.82 Å². The number of amides is 2. The van der Waals surface area contributed by atoms with Gasteiger partial charge in [-0.25, -0.2) is 24.3 Å². The molecule has 5 atom stereocenters. The minimum atomic E-state index is -4.75. The molecule has 15 heteroatoms. The minimum absolute atomic E-state index is 0.175. The van der Waals surface area contributed by atoms with Crippen molar-refractivity contribution < 1.29 is 37.9 Å². The van der Waals surface area contributed by atoms with E-state index in [9.17, 15) is 19.1 Å². The number of nitrogens with zero attached hydrogens (tertiary/aromatic N) is 4. The molecule has 14 nitrogen and oxygen atoms in total. The topological polar surface area (TPSA) is 179 Å². The molecule has 2 aromatic carbocycles. The van der Waals surface area contributed by atoms with E-state index in [1.807, 2.05) is 36.4 Å². The molecule has 0 saturated carbocycles. The molecule has 0 radical (unpaired) electrons. The van der Waals surface area contributed by atoms with Gasteiger partial charge >= 0.3 is 13.9 Å². The highest BCUT2D eigenvalue weighted by molar-refractivity contribution is 7.46. The van der Waals surface area contributed by atoms with E-state index >= 15 is 0 Å². The number of hydrogen-bond acceptors (Lipinski definition) is 9. The van der Waals surface area contributed by atoms with Crippen LogP contribution in [0.3, 0.4) is 0 Å². The monoisotopic (exact) mass is 554 g/mol. The van der Waals surface area contributed by atoms with Crippen LogP contribution >= 0.6 is 7.82 Å². The van der Waals surface area contributed by atoms with Gasteiger partial charge in [0.15, 0.2) is 29.5 Å². The Kier molecular flexibility index (Phi) is 6.83. The second-order valence-corrected chi connectivity index (χ2v) is 10.0. The Bertz CT molecular complexity index is 1520. The van der Waals surface area contributed by atoms with Crippen molar-refractivity contribution in [2.45, 2.75) is 30.8 Å². The number of rotatable bonds is 7. The maximum atomic E-state index is 12.5. The summed E-state index contributed by atoms with van der Waals surface area (Å²) in [5.74, 6) is 0.175. The van der Waals surface area contributed by atoms with E-state index in [4.69, 9.17) is 18.7 Å². The van der Waals surface area contributed by atoms with Crippen LogP contribution in [0.25, 0.3) is 11.2 Å². The molecule has 0 bridgehead atoms. The normalized spacial score (nSPS) is 24.5. The number of imidazole rings is 1. The SMILES string of the molecule is O=C(Nc1ccccc1)Nc1ncnc2c1ncn2[C@@H]1O[C@H](COP(=O)(O)O)C2OC(c3ccccc3)OC21. The molecule has 4 N–H and O–H groups in total. The van der Waals surface area contributed by atoms with Crippen molar-refractivity contribution in [1.29, 1.82) is 0 Å². The fourth-order valence-electron chi connectivity index (χ4n) is 4.55. The molecule has 2 saturated heterocycles. The number of fused-ring (bicyclic) bond motifs is 2. The molecular formula is C24H23N6O8P. The lowest BCUT2D eigenvalue weighted by atomic mass is 10.1. The molecule has 39 heavy (non-hydrogen) atoms. The summed E-state index contributed by atoms with van der Waals surface area (Å²) >= 11 is 0. The third kappa shape index (κ3) is 5.40. The average molecular weight is 554 g/mol. The molecular weight excluding hydrogens is 531 g/mol. The minimum Gasteiger partial charge on any atom is -0.347 e. The highest BCUT2D eigenvalue weighted by atomic mass is 31.2. The van der Waals surface area contributed by atoms with Crippen molar-refractivity contribution in [2.75, 3.05) is 17.2 Å². The third-order valence-electron chi connectivity index (χ3n) is 6.22. The first-order valence-electron chi connectivity index (χ1n) is 11.9. The second-order valence-electron chi connectivity index (χ2n) is 8.79. The van der Waals surface area contributed by atoms with Crippen LogP contribution in [0.5, 0.6) is 0 Å². The van der Waals surface area contributed by atoms with Crippen molar-refractivity contribution >= 4 is 36.5 Å². The number of hydrogen-bond donors (Lipinski definition) is 4. The number of nitrogens with one attached hydrogen (secondary N) is 2. The summed E-state index contributed by atoms with van der Waals surface area (Å²) in [6.45, 7) is -0.430. The number of benzene rings is 2. The lowest BCUT2D eigenvalue weighted by molar-refractivity contribution is -0.152. The quantitative estimate of drug-likeness (QED) is 0.247. The fraction of sp³-hybridized carbons (Fsp3) is 0.250. The first-order chi connectivity index (χ1) is 18.9. The van der Waals surface area contributed by atoms with Gasteiger partial charge in [-0.3, -0.25) is 14.4 Å². The predicted molar refractivity (Wildman–Crippen MR) is 135 cm³/mol. The van der Waals surface area contributed by atoms with Crippen molar-refractivity contribution in [3.8, 4) is 0 Å². The standard InChI is InChI=1S/C24H23N6O8P/c31-24(28-15-9-5-2-6-10-15)29-20-17-21(26-12-25-20)30(13-27-17)22-19-18(16(36-22)11-35-39(32,33)34)37-23(38-19)14-7-3-1-4-8-14/h1-10,12-13,16,18-19,22-23H,11H2,(H2,32,33,34)(H2,25,26,28,29,31)/t16-,18?,19?,22-,23?/m1/s1. The van der Waals surface area contributed by atoms with Crippen LogP contribution in [0, 0.1) is 0 Å². The van der Waals surface area contributed by atoms with Crippen LogP contribution in [0.15, 0.2) is 73.3 Å². The maximum Gasteiger partial charge on any atom is 0.469 e. The largest absolute Gasteiger partial charge is 0.469 e. The number of para-hydroxylation sites is 1. The molecule has 202 valence electrons. The summed E-state index contributed by atoms with van der Waals surface area (Å²) in [4.78, 5) is 43.9. The van der Waals surface area contributed by atoms with Gasteiger partial charge in [-0.2, -0.15) is 0 Å². The Morgan fingerprint density at radius 1 is 0.949 bits per heavy atom. The number of carbonyl (C=O) groups excluding carboxylic acids is 1. The van der Waals surface area contributed by atoms with E-state index < -0.39 is 51.3 Å². The van der Waals surface area contributed by atoms with Crippen LogP contribution in [0.1, 0.15) is 18.1 Å². The molecule has 2 aliphatic heterocycles. The summed E-state index contributed by atoms with van der Waals surface area (Å²) in [5.41, 5.74) is 2.02. The fourth-order valence-corrected chi connectivity index (χ4v) is 4.89. The number of ether oxygens (including phenoxy) is 3. The molecule has 4 aromatic rings. The van der Waals surface area contributed by atoms with Crippen LogP contribution in [0.4, 0.5) is 16.3 Å². The van der Waals surface area contributed by atoms with E-state index in [1.54, 1.807) is 28.8 Å². The number of urea groups is 1. The molecule has 0 aliphatic carbocycles. The summed E-state index contributed by atoms with van der Waals surface area (Å²) in [7, 11) is -4.75. The second kappa shape index (κ2) is 10.4. The van der Waals surface area contributed by atoms with Gasteiger partial charge in [0.25, 0.3) is 0 Å². The molecule has 0 spiro atoms. The molecule has 4 heterocycles. The van der Waals surface area contributed by atoms with Crippen molar-refractivity contribution in [2.24, 2.45) is 0 Å². The van der Waals surface area contributed by atoms with Crippen molar-refractivity contribution in [3.05, 3.63) is 78.9 Å². The van der Waals surface area contributed by atoms with Gasteiger partial charge in [0.1, 0.15) is 24.6 Å². The van der Waals surface area contributed by atoms with E-state index in [2.05, 4.69) is 25.6 Å². The predicted octanol–water partition coefficient (Wildman–Crippen LogP) is 2.96. The highest BCUT2D eigenvalue weighted by Gasteiger charge is 2.54.